The molecule has 1 aromatic rings. The summed E-state index contributed by atoms with van der Waals surface area (Å²) in [5, 5.41) is 4.20. The molecule has 84 valence electrons. The van der Waals surface area contributed by atoms with Crippen LogP contribution in [0.5, 0.6) is 0 Å². The lowest BCUT2D eigenvalue weighted by Gasteiger charge is -2.28. The maximum absolute atomic E-state index is 5.34. The number of rotatable bonds is 4. The monoisotopic (exact) mass is 225 g/mol. The summed E-state index contributed by atoms with van der Waals surface area (Å²) in [7, 11) is 2.07. The molecule has 2 nitrogen and oxygen atoms in total. The molecule has 2 atom stereocenters. The van der Waals surface area contributed by atoms with Crippen molar-refractivity contribution in [1.29, 1.82) is 0 Å². The van der Waals surface area contributed by atoms with Crippen LogP contribution >= 0.6 is 11.8 Å². The van der Waals surface area contributed by atoms with Crippen LogP contribution in [0.25, 0.3) is 0 Å². The van der Waals surface area contributed by atoms with Crippen LogP contribution in [0.15, 0.2) is 22.8 Å². The second-order valence-electron chi connectivity index (χ2n) is 4.16. The normalized spacial score (nSPS) is 26.7. The van der Waals surface area contributed by atoms with Crippen molar-refractivity contribution in [2.75, 3.05) is 7.05 Å². The number of hydrogen-bond acceptors (Lipinski definition) is 3. The van der Waals surface area contributed by atoms with E-state index in [1.54, 1.807) is 6.26 Å². The van der Waals surface area contributed by atoms with E-state index < -0.39 is 0 Å². The van der Waals surface area contributed by atoms with Gasteiger partial charge in [0.1, 0.15) is 5.76 Å². The lowest BCUT2D eigenvalue weighted by Crippen LogP contribution is -2.32. The van der Waals surface area contributed by atoms with Crippen molar-refractivity contribution in [3.63, 3.8) is 0 Å². The molecule has 2 rings (SSSR count). The summed E-state index contributed by atoms with van der Waals surface area (Å²) in [6.07, 6.45) is 7.13. The highest BCUT2D eigenvalue weighted by Gasteiger charge is 2.21. The Hall–Kier alpha value is -0.410. The van der Waals surface area contributed by atoms with Crippen LogP contribution in [0.1, 0.15) is 31.4 Å². The van der Waals surface area contributed by atoms with Gasteiger partial charge in [-0.25, -0.2) is 0 Å². The van der Waals surface area contributed by atoms with Gasteiger partial charge in [0, 0.05) is 11.3 Å². The minimum absolute atomic E-state index is 0.729. The van der Waals surface area contributed by atoms with Gasteiger partial charge in [-0.1, -0.05) is 6.42 Å². The van der Waals surface area contributed by atoms with Crippen molar-refractivity contribution in [2.45, 2.75) is 42.7 Å². The maximum Gasteiger partial charge on any atom is 0.113 e. The predicted molar refractivity (Wildman–Crippen MR) is 65.1 cm³/mol. The average molecular weight is 225 g/mol. The zero-order valence-electron chi connectivity index (χ0n) is 9.24. The van der Waals surface area contributed by atoms with E-state index in [9.17, 15) is 0 Å². The standard InChI is InChI=1S/C12H19NOS/c1-13-10-4-2-6-12(8-10)15-9-11-5-3-7-14-11/h3,5,7,10,12-13H,2,4,6,8-9H2,1H3. The minimum Gasteiger partial charge on any atom is -0.468 e. The van der Waals surface area contributed by atoms with E-state index in [1.165, 1.54) is 25.7 Å². The lowest BCUT2D eigenvalue weighted by atomic mass is 9.95. The Kier molecular flexibility index (Phi) is 4.15. The molecule has 0 aromatic carbocycles. The van der Waals surface area contributed by atoms with Gasteiger partial charge in [0.2, 0.25) is 0 Å². The Labute approximate surface area is 95.8 Å². The van der Waals surface area contributed by atoms with Gasteiger partial charge in [0.25, 0.3) is 0 Å². The first-order valence-electron chi connectivity index (χ1n) is 5.69. The third-order valence-electron chi connectivity index (χ3n) is 3.08. The molecule has 1 aromatic heterocycles. The smallest absolute Gasteiger partial charge is 0.113 e. The molecule has 1 saturated carbocycles. The molecule has 1 aliphatic rings. The highest BCUT2D eigenvalue weighted by atomic mass is 32.2. The summed E-state index contributed by atoms with van der Waals surface area (Å²) in [6, 6.07) is 4.76. The molecule has 0 saturated heterocycles. The van der Waals surface area contributed by atoms with Crippen molar-refractivity contribution >= 4 is 11.8 Å². The SMILES string of the molecule is CNC1CCCC(SCc2ccco2)C1. The Morgan fingerprint density at radius 3 is 3.20 bits per heavy atom. The number of hydrogen-bond donors (Lipinski definition) is 1. The highest BCUT2D eigenvalue weighted by molar-refractivity contribution is 7.99. The molecule has 1 fully saturated rings. The van der Waals surface area contributed by atoms with Crippen molar-refractivity contribution in [1.82, 2.24) is 5.32 Å². The van der Waals surface area contributed by atoms with Crippen molar-refractivity contribution in [3.8, 4) is 0 Å². The van der Waals surface area contributed by atoms with Crippen LogP contribution in [0.2, 0.25) is 0 Å². The fraction of sp³-hybridized carbons (Fsp3) is 0.667. The van der Waals surface area contributed by atoms with Gasteiger partial charge in [0.05, 0.1) is 12.0 Å². The Balaban J connectivity index is 1.74. The maximum atomic E-state index is 5.34. The van der Waals surface area contributed by atoms with Crippen LogP contribution in [-0.2, 0) is 5.75 Å². The molecule has 0 radical (unpaired) electrons. The Bertz CT molecular complexity index is 273. The molecule has 1 aliphatic carbocycles. The molecule has 0 bridgehead atoms. The van der Waals surface area contributed by atoms with E-state index in [0.29, 0.717) is 0 Å². The first-order valence-corrected chi connectivity index (χ1v) is 6.74. The van der Waals surface area contributed by atoms with Gasteiger partial charge in [-0.05, 0) is 38.4 Å². The van der Waals surface area contributed by atoms with Crippen LogP contribution < -0.4 is 5.32 Å². The van der Waals surface area contributed by atoms with E-state index in [4.69, 9.17) is 4.42 Å². The molecule has 2 unspecified atom stereocenters. The van der Waals surface area contributed by atoms with E-state index in [2.05, 4.69) is 18.4 Å². The quantitative estimate of drug-likeness (QED) is 0.852. The number of nitrogens with one attached hydrogen (secondary N) is 1. The van der Waals surface area contributed by atoms with Gasteiger partial charge in [0.15, 0.2) is 0 Å². The molecule has 0 amide bonds. The molecule has 0 aliphatic heterocycles. The van der Waals surface area contributed by atoms with Gasteiger partial charge in [-0.2, -0.15) is 11.8 Å². The molecule has 0 spiro atoms. The van der Waals surface area contributed by atoms with Crippen molar-refractivity contribution in [2.24, 2.45) is 0 Å². The Morgan fingerprint density at radius 1 is 1.53 bits per heavy atom. The lowest BCUT2D eigenvalue weighted by molar-refractivity contribution is 0.402. The van der Waals surface area contributed by atoms with Gasteiger partial charge in [-0.15, -0.1) is 0 Å². The molecule has 1 heterocycles. The van der Waals surface area contributed by atoms with E-state index in [-0.39, 0.29) is 0 Å². The first-order chi connectivity index (χ1) is 7.38. The third-order valence-corrected chi connectivity index (χ3v) is 4.43. The van der Waals surface area contributed by atoms with Crippen molar-refractivity contribution in [3.05, 3.63) is 24.2 Å². The molecule has 15 heavy (non-hydrogen) atoms. The zero-order valence-corrected chi connectivity index (χ0v) is 10.1. The van der Waals surface area contributed by atoms with E-state index in [1.807, 2.05) is 17.8 Å². The highest BCUT2D eigenvalue weighted by Crippen LogP contribution is 2.30. The zero-order chi connectivity index (χ0) is 10.5. The first kappa shape index (κ1) is 11.1. The molecular weight excluding hydrogens is 206 g/mol. The Morgan fingerprint density at radius 2 is 2.47 bits per heavy atom. The number of furan rings is 1. The second kappa shape index (κ2) is 5.61. The summed E-state index contributed by atoms with van der Waals surface area (Å²) < 4.78 is 5.34. The fourth-order valence-corrected chi connectivity index (χ4v) is 3.42. The van der Waals surface area contributed by atoms with Gasteiger partial charge in [-0.3, -0.25) is 0 Å². The average Bonchev–Trinajstić information content (AvgIpc) is 2.79. The minimum atomic E-state index is 0.729. The van der Waals surface area contributed by atoms with E-state index >= 15 is 0 Å². The summed E-state index contributed by atoms with van der Waals surface area (Å²) in [6.45, 7) is 0. The van der Waals surface area contributed by atoms with E-state index in [0.717, 1.165) is 22.8 Å². The predicted octanol–water partition coefficient (Wildman–Crippen LogP) is 3.04. The van der Waals surface area contributed by atoms with Crippen LogP contribution in [0, 0.1) is 0 Å². The third kappa shape index (κ3) is 3.28. The molecule has 3 heteroatoms. The topological polar surface area (TPSA) is 25.2 Å². The molecule has 1 N–H and O–H groups in total. The molecular formula is C12H19NOS. The fourth-order valence-electron chi connectivity index (χ4n) is 2.15. The largest absolute Gasteiger partial charge is 0.468 e. The van der Waals surface area contributed by atoms with Crippen molar-refractivity contribution < 1.29 is 4.42 Å². The van der Waals surface area contributed by atoms with Crippen LogP contribution in [0.3, 0.4) is 0 Å². The van der Waals surface area contributed by atoms with Gasteiger partial charge < -0.3 is 9.73 Å². The number of thioether (sulfide) groups is 1. The summed E-state index contributed by atoms with van der Waals surface area (Å²) in [5.74, 6) is 2.13. The van der Waals surface area contributed by atoms with Gasteiger partial charge >= 0.3 is 0 Å². The summed E-state index contributed by atoms with van der Waals surface area (Å²) in [4.78, 5) is 0. The van der Waals surface area contributed by atoms with Crippen LogP contribution in [-0.4, -0.2) is 18.3 Å². The summed E-state index contributed by atoms with van der Waals surface area (Å²) >= 11 is 2.04. The van der Waals surface area contributed by atoms with Crippen LogP contribution in [0.4, 0.5) is 0 Å². The second-order valence-corrected chi connectivity index (χ2v) is 5.45. The summed E-state index contributed by atoms with van der Waals surface area (Å²) in [5.41, 5.74) is 0.